The van der Waals surface area contributed by atoms with Crippen molar-refractivity contribution in [1.82, 2.24) is 0 Å². The minimum Gasteiger partial charge on any atom is -0.479 e. The number of hydrogen-bond donors (Lipinski definition) is 3. The van der Waals surface area contributed by atoms with Gasteiger partial charge >= 0.3 is 23.9 Å². The van der Waals surface area contributed by atoms with Crippen LogP contribution in [0.15, 0.2) is 24.3 Å². The van der Waals surface area contributed by atoms with Gasteiger partial charge in [0, 0.05) is 19.3 Å². The topological polar surface area (TPSA) is 175 Å². The number of carboxylic acids is 1. The van der Waals surface area contributed by atoms with E-state index in [-0.39, 0.29) is 25.9 Å². The molecular formula is C63H114O12. The van der Waals surface area contributed by atoms with Crippen LogP contribution in [0.2, 0.25) is 0 Å². The summed E-state index contributed by atoms with van der Waals surface area (Å²) in [6.07, 6.45) is 47.2. The SMILES string of the molecule is CCCCCC/C=C\CCCCCCCC(=O)OCC(COC1OC(C(=O)O)C(O)C(O)C1OC(=O)CCCCCCCCCCCCCCCCCCCCC)OC(=O)CCCCCCC/C=C\CCCCCC. The molecule has 1 heterocycles. The van der Waals surface area contributed by atoms with E-state index in [1.807, 2.05) is 0 Å². The van der Waals surface area contributed by atoms with Gasteiger partial charge in [-0.3, -0.25) is 14.4 Å². The van der Waals surface area contributed by atoms with Crippen LogP contribution < -0.4 is 0 Å². The Hall–Kier alpha value is -2.80. The van der Waals surface area contributed by atoms with Crippen LogP contribution in [0.5, 0.6) is 0 Å². The molecule has 3 N–H and O–H groups in total. The van der Waals surface area contributed by atoms with Crippen molar-refractivity contribution in [2.24, 2.45) is 0 Å². The molecule has 6 atom stereocenters. The molecule has 12 nitrogen and oxygen atoms in total. The van der Waals surface area contributed by atoms with Crippen molar-refractivity contribution in [3.8, 4) is 0 Å². The van der Waals surface area contributed by atoms with Crippen molar-refractivity contribution in [3.05, 3.63) is 24.3 Å². The third-order valence-corrected chi connectivity index (χ3v) is 14.5. The molecule has 438 valence electrons. The van der Waals surface area contributed by atoms with E-state index in [1.165, 1.54) is 148 Å². The highest BCUT2D eigenvalue weighted by atomic mass is 16.7. The number of esters is 3. The van der Waals surface area contributed by atoms with Gasteiger partial charge in [0.1, 0.15) is 18.8 Å². The number of carboxylic acid groups (broad SMARTS) is 1. The van der Waals surface area contributed by atoms with Crippen LogP contribution in [0.3, 0.4) is 0 Å². The van der Waals surface area contributed by atoms with Gasteiger partial charge in [-0.15, -0.1) is 0 Å². The number of aliphatic hydroxyl groups is 2. The lowest BCUT2D eigenvalue weighted by Crippen LogP contribution is -2.61. The molecule has 1 aliphatic heterocycles. The van der Waals surface area contributed by atoms with Crippen molar-refractivity contribution in [2.45, 2.75) is 340 Å². The zero-order chi connectivity index (χ0) is 54.7. The van der Waals surface area contributed by atoms with Crippen molar-refractivity contribution in [3.63, 3.8) is 0 Å². The second kappa shape index (κ2) is 51.9. The van der Waals surface area contributed by atoms with Crippen molar-refractivity contribution in [1.29, 1.82) is 0 Å². The van der Waals surface area contributed by atoms with Gasteiger partial charge < -0.3 is 39.0 Å². The molecular weight excluding hydrogens is 949 g/mol. The lowest BCUT2D eigenvalue weighted by molar-refractivity contribution is -0.301. The van der Waals surface area contributed by atoms with E-state index >= 15 is 0 Å². The zero-order valence-corrected chi connectivity index (χ0v) is 48.3. The molecule has 0 bridgehead atoms. The van der Waals surface area contributed by atoms with Crippen molar-refractivity contribution >= 4 is 23.9 Å². The first-order chi connectivity index (χ1) is 36.6. The summed E-state index contributed by atoms with van der Waals surface area (Å²) in [5.74, 6) is -3.11. The van der Waals surface area contributed by atoms with Gasteiger partial charge in [-0.1, -0.05) is 238 Å². The number of rotatable bonds is 54. The van der Waals surface area contributed by atoms with E-state index in [4.69, 9.17) is 23.7 Å². The minimum absolute atomic E-state index is 0.0658. The van der Waals surface area contributed by atoms with Crippen LogP contribution in [0.4, 0.5) is 0 Å². The van der Waals surface area contributed by atoms with Gasteiger partial charge in [0.25, 0.3) is 0 Å². The highest BCUT2D eigenvalue weighted by Gasteiger charge is 2.50. The number of carbonyl (C=O) groups is 4. The highest BCUT2D eigenvalue weighted by Crippen LogP contribution is 2.27. The average Bonchev–Trinajstić information content (AvgIpc) is 3.39. The zero-order valence-electron chi connectivity index (χ0n) is 48.3. The van der Waals surface area contributed by atoms with Crippen LogP contribution in [0, 0.1) is 0 Å². The lowest BCUT2D eigenvalue weighted by atomic mass is 9.98. The Morgan fingerprint density at radius 3 is 1.15 bits per heavy atom. The van der Waals surface area contributed by atoms with Gasteiger partial charge in [-0.2, -0.15) is 0 Å². The van der Waals surface area contributed by atoms with Crippen molar-refractivity contribution in [2.75, 3.05) is 13.2 Å². The predicted molar refractivity (Wildman–Crippen MR) is 303 cm³/mol. The van der Waals surface area contributed by atoms with E-state index in [1.54, 1.807) is 0 Å². The third kappa shape index (κ3) is 41.9. The predicted octanol–water partition coefficient (Wildman–Crippen LogP) is 16.2. The molecule has 0 radical (unpaired) electrons. The number of hydrogen-bond acceptors (Lipinski definition) is 11. The molecule has 75 heavy (non-hydrogen) atoms. The molecule has 0 aromatic rings. The fraction of sp³-hybridized carbons (Fsp3) is 0.873. The van der Waals surface area contributed by atoms with E-state index < -0.39 is 67.3 Å². The molecule has 0 aromatic heterocycles. The molecule has 1 fully saturated rings. The van der Waals surface area contributed by atoms with Crippen LogP contribution in [-0.4, -0.2) is 89.2 Å². The summed E-state index contributed by atoms with van der Waals surface area (Å²) in [5.41, 5.74) is 0. The molecule has 1 rings (SSSR count). The number of aliphatic carboxylic acids is 1. The Kier molecular flexibility index (Phi) is 48.6. The van der Waals surface area contributed by atoms with Gasteiger partial charge in [0.05, 0.1) is 6.61 Å². The Balaban J connectivity index is 2.64. The van der Waals surface area contributed by atoms with Crippen molar-refractivity contribution < 1.29 is 58.2 Å². The maximum atomic E-state index is 13.1. The van der Waals surface area contributed by atoms with Crippen LogP contribution in [0.25, 0.3) is 0 Å². The molecule has 12 heteroatoms. The molecule has 6 unspecified atom stereocenters. The molecule has 0 aromatic carbocycles. The first-order valence-electron chi connectivity index (χ1n) is 31.3. The quantitative estimate of drug-likeness (QED) is 0.0228. The molecule has 0 spiro atoms. The van der Waals surface area contributed by atoms with Gasteiger partial charge in [-0.25, -0.2) is 4.79 Å². The fourth-order valence-electron chi connectivity index (χ4n) is 9.65. The molecule has 0 aliphatic carbocycles. The maximum Gasteiger partial charge on any atom is 0.335 e. The monoisotopic (exact) mass is 1060 g/mol. The Morgan fingerprint density at radius 2 is 0.760 bits per heavy atom. The Labute approximate surface area is 458 Å². The van der Waals surface area contributed by atoms with E-state index in [0.29, 0.717) is 19.3 Å². The number of aliphatic hydroxyl groups excluding tert-OH is 2. The van der Waals surface area contributed by atoms with E-state index in [2.05, 4.69) is 45.1 Å². The Morgan fingerprint density at radius 1 is 0.427 bits per heavy atom. The minimum atomic E-state index is -1.90. The maximum absolute atomic E-state index is 13.1. The number of ether oxygens (including phenoxy) is 5. The number of carbonyl (C=O) groups excluding carboxylic acids is 3. The highest BCUT2D eigenvalue weighted by molar-refractivity contribution is 5.74. The third-order valence-electron chi connectivity index (χ3n) is 14.5. The van der Waals surface area contributed by atoms with Crippen LogP contribution in [-0.2, 0) is 42.9 Å². The summed E-state index contributed by atoms with van der Waals surface area (Å²) < 4.78 is 28.5. The van der Waals surface area contributed by atoms with E-state index in [0.717, 1.165) is 96.3 Å². The summed E-state index contributed by atoms with van der Waals surface area (Å²) >= 11 is 0. The average molecular weight is 1060 g/mol. The van der Waals surface area contributed by atoms with Gasteiger partial charge in [-0.05, 0) is 70.6 Å². The number of allylic oxidation sites excluding steroid dienone is 4. The second-order valence-corrected chi connectivity index (χ2v) is 21.7. The summed E-state index contributed by atoms with van der Waals surface area (Å²) in [4.78, 5) is 51.1. The molecule has 0 amide bonds. The molecule has 1 saturated heterocycles. The summed E-state index contributed by atoms with van der Waals surface area (Å²) in [6.45, 7) is 5.99. The second-order valence-electron chi connectivity index (χ2n) is 21.7. The van der Waals surface area contributed by atoms with E-state index in [9.17, 15) is 34.5 Å². The lowest BCUT2D eigenvalue weighted by Gasteiger charge is -2.40. The van der Waals surface area contributed by atoms with Gasteiger partial charge in [0.2, 0.25) is 0 Å². The van der Waals surface area contributed by atoms with Crippen LogP contribution >= 0.6 is 0 Å². The first kappa shape index (κ1) is 70.2. The largest absolute Gasteiger partial charge is 0.479 e. The molecule has 1 aliphatic rings. The standard InChI is InChI=1S/C63H114O12/c1-4-7-10-13-16-19-22-25-26-27-28-29-30-33-36-39-42-45-48-51-57(66)74-61-59(68)58(67)60(62(69)70)75-63(61)72-53-54(73-56(65)50-47-44-41-38-35-32-24-21-18-15-12-9-6-3)52-71-55(64)49-46-43-40-37-34-31-23-20-17-14-11-8-5-2/h20-21,23-24,54,58-61,63,67-68H,4-19,22,25-53H2,1-3H3,(H,69,70)/b23-20-,24-21-. The smallest absolute Gasteiger partial charge is 0.335 e. The first-order valence-corrected chi connectivity index (χ1v) is 31.3. The molecule has 0 saturated carbocycles. The number of unbranched alkanes of at least 4 members (excludes halogenated alkanes) is 36. The van der Waals surface area contributed by atoms with Crippen LogP contribution in [0.1, 0.15) is 303 Å². The summed E-state index contributed by atoms with van der Waals surface area (Å²) in [6, 6.07) is 0. The summed E-state index contributed by atoms with van der Waals surface area (Å²) in [5, 5.41) is 31.5. The fourth-order valence-corrected chi connectivity index (χ4v) is 9.65. The summed E-state index contributed by atoms with van der Waals surface area (Å²) in [7, 11) is 0. The van der Waals surface area contributed by atoms with Gasteiger partial charge in [0.15, 0.2) is 24.6 Å². The normalized spacial score (nSPS) is 18.2. The Bertz CT molecular complexity index is 1400.